The fourth-order valence-corrected chi connectivity index (χ4v) is 5.38. The summed E-state index contributed by atoms with van der Waals surface area (Å²) in [5, 5.41) is 4.29. The number of aromatic nitrogens is 1. The Morgan fingerprint density at radius 3 is 2.66 bits per heavy atom. The van der Waals surface area contributed by atoms with Crippen LogP contribution in [0.3, 0.4) is 0 Å². The normalized spacial score (nSPS) is 23.2. The van der Waals surface area contributed by atoms with Crippen LogP contribution in [0.15, 0.2) is 36.5 Å². The monoisotopic (exact) mass is 408 g/mol. The number of halogens is 1. The van der Waals surface area contributed by atoms with Crippen molar-refractivity contribution in [3.05, 3.63) is 63.9 Å². The Morgan fingerprint density at radius 1 is 1.07 bits per heavy atom. The molecule has 1 atom stereocenters. The van der Waals surface area contributed by atoms with Gasteiger partial charge in [-0.05, 0) is 74.3 Å². The maximum Gasteiger partial charge on any atom is 0.0554 e. The molecule has 5 rings (SSSR count). The van der Waals surface area contributed by atoms with Gasteiger partial charge in [0, 0.05) is 54.6 Å². The van der Waals surface area contributed by atoms with Gasteiger partial charge in [-0.3, -0.25) is 4.98 Å². The van der Waals surface area contributed by atoms with Crippen molar-refractivity contribution in [3.8, 4) is 0 Å². The highest BCUT2D eigenvalue weighted by Gasteiger charge is 2.34. The Morgan fingerprint density at radius 2 is 1.86 bits per heavy atom. The first-order valence-corrected chi connectivity index (χ1v) is 11.2. The minimum absolute atomic E-state index is 0.323. The van der Waals surface area contributed by atoms with Gasteiger partial charge in [-0.15, -0.1) is 0 Å². The van der Waals surface area contributed by atoms with Gasteiger partial charge in [0.05, 0.1) is 5.69 Å². The first-order chi connectivity index (χ1) is 14.2. The van der Waals surface area contributed by atoms with E-state index in [-0.39, 0.29) is 0 Å². The van der Waals surface area contributed by atoms with E-state index in [1.807, 2.05) is 6.20 Å². The molecular weight excluding hydrogens is 380 g/mol. The van der Waals surface area contributed by atoms with Crippen molar-refractivity contribution in [2.24, 2.45) is 5.92 Å². The molecule has 1 aromatic heterocycles. The number of nitrogens with zero attached hydrogens (tertiary/aromatic N) is 3. The number of fused-ring (bicyclic) bond motifs is 2. The maximum atomic E-state index is 6.52. The van der Waals surface area contributed by atoms with Crippen LogP contribution in [0.4, 0.5) is 0 Å². The van der Waals surface area contributed by atoms with E-state index < -0.39 is 0 Å². The van der Waals surface area contributed by atoms with E-state index in [4.69, 9.17) is 16.6 Å². The third-order valence-electron chi connectivity index (χ3n) is 6.78. The molecule has 0 bridgehead atoms. The second kappa shape index (κ2) is 8.10. The van der Waals surface area contributed by atoms with Crippen LogP contribution in [0.2, 0.25) is 5.02 Å². The Hall–Kier alpha value is -1.88. The summed E-state index contributed by atoms with van der Waals surface area (Å²) < 4.78 is 0. The summed E-state index contributed by atoms with van der Waals surface area (Å²) in [6, 6.07) is 10.8. The Bertz CT molecular complexity index is 911. The lowest BCUT2D eigenvalue weighted by Crippen LogP contribution is -2.42. The standard InChI is InChI=1S/C24H29ClN4/c1-28-11-6-17(7-12-28)23-20-5-4-19(25)16-21(20)22(29-13-9-26-10-14-29)15-18-3-2-8-27-24(18)23/h2-5,8,15-17,23,26H,6-7,9-14H2,1H3. The van der Waals surface area contributed by atoms with Crippen molar-refractivity contribution in [1.82, 2.24) is 20.1 Å². The predicted molar refractivity (Wildman–Crippen MR) is 120 cm³/mol. The van der Waals surface area contributed by atoms with Crippen LogP contribution in [0, 0.1) is 5.92 Å². The summed E-state index contributed by atoms with van der Waals surface area (Å²) in [6.45, 7) is 6.39. The third-order valence-corrected chi connectivity index (χ3v) is 7.01. The molecule has 2 aromatic rings. The van der Waals surface area contributed by atoms with Crippen molar-refractivity contribution < 1.29 is 0 Å². The van der Waals surface area contributed by atoms with Crippen LogP contribution in [-0.2, 0) is 0 Å². The molecule has 0 radical (unpaired) electrons. The molecule has 0 spiro atoms. The molecule has 2 aliphatic heterocycles. The predicted octanol–water partition coefficient (Wildman–Crippen LogP) is 3.93. The van der Waals surface area contributed by atoms with Crippen LogP contribution in [-0.4, -0.2) is 61.1 Å². The molecule has 5 heteroatoms. The van der Waals surface area contributed by atoms with Gasteiger partial charge in [0.15, 0.2) is 0 Å². The Balaban J connectivity index is 1.67. The van der Waals surface area contributed by atoms with E-state index in [9.17, 15) is 0 Å². The second-order valence-corrected chi connectivity index (χ2v) is 9.03. The van der Waals surface area contributed by atoms with Crippen LogP contribution >= 0.6 is 11.6 Å². The molecule has 4 nitrogen and oxygen atoms in total. The summed E-state index contributed by atoms with van der Waals surface area (Å²) >= 11 is 6.52. The number of pyridine rings is 1. The molecule has 2 fully saturated rings. The minimum Gasteiger partial charge on any atom is -0.368 e. The van der Waals surface area contributed by atoms with E-state index in [0.29, 0.717) is 11.8 Å². The van der Waals surface area contributed by atoms with E-state index in [1.165, 1.54) is 40.9 Å². The van der Waals surface area contributed by atoms with Crippen LogP contribution in [0.25, 0.3) is 11.8 Å². The summed E-state index contributed by atoms with van der Waals surface area (Å²) in [6.07, 6.45) is 6.74. The summed E-state index contributed by atoms with van der Waals surface area (Å²) in [5.41, 5.74) is 6.48. The zero-order valence-electron chi connectivity index (χ0n) is 17.1. The molecule has 1 unspecified atom stereocenters. The highest BCUT2D eigenvalue weighted by molar-refractivity contribution is 6.30. The lowest BCUT2D eigenvalue weighted by atomic mass is 9.76. The van der Waals surface area contributed by atoms with E-state index in [2.05, 4.69) is 58.6 Å². The van der Waals surface area contributed by atoms with Gasteiger partial charge in [-0.25, -0.2) is 0 Å². The van der Waals surface area contributed by atoms with E-state index >= 15 is 0 Å². The summed E-state index contributed by atoms with van der Waals surface area (Å²) in [5.74, 6) is 0.930. The first-order valence-electron chi connectivity index (χ1n) is 10.8. The average Bonchev–Trinajstić information content (AvgIpc) is 2.89. The topological polar surface area (TPSA) is 31.4 Å². The molecule has 1 N–H and O–H groups in total. The molecule has 0 saturated carbocycles. The highest BCUT2D eigenvalue weighted by atomic mass is 35.5. The number of hydrogen-bond acceptors (Lipinski definition) is 4. The van der Waals surface area contributed by atoms with Gasteiger partial charge in [-0.2, -0.15) is 0 Å². The Labute approximate surface area is 178 Å². The SMILES string of the molecule is CN1CCC(C2c3ccc(Cl)cc3C(N3CCNCC3)=Cc3cccnc32)CC1. The molecule has 29 heavy (non-hydrogen) atoms. The number of piperidine rings is 1. The van der Waals surface area contributed by atoms with Crippen molar-refractivity contribution >= 4 is 23.4 Å². The zero-order chi connectivity index (χ0) is 19.8. The third kappa shape index (κ3) is 3.70. The van der Waals surface area contributed by atoms with Gasteiger partial charge in [0.25, 0.3) is 0 Å². The fourth-order valence-electron chi connectivity index (χ4n) is 5.21. The van der Waals surface area contributed by atoms with Crippen molar-refractivity contribution in [2.75, 3.05) is 46.3 Å². The molecule has 3 heterocycles. The average molecular weight is 409 g/mol. The second-order valence-electron chi connectivity index (χ2n) is 8.59. The van der Waals surface area contributed by atoms with Gasteiger partial charge in [0.1, 0.15) is 0 Å². The highest BCUT2D eigenvalue weighted by Crippen LogP contribution is 2.45. The Kier molecular flexibility index (Phi) is 5.33. The molecule has 3 aliphatic rings. The zero-order valence-corrected chi connectivity index (χ0v) is 17.8. The van der Waals surface area contributed by atoms with E-state index in [0.717, 1.165) is 44.3 Å². The molecule has 0 amide bonds. The maximum absolute atomic E-state index is 6.52. The lowest BCUT2D eigenvalue weighted by molar-refractivity contribution is 0.206. The van der Waals surface area contributed by atoms with Crippen molar-refractivity contribution in [1.29, 1.82) is 0 Å². The fraction of sp³-hybridized carbons (Fsp3) is 0.458. The molecule has 1 aliphatic carbocycles. The number of hydrogen-bond donors (Lipinski definition) is 1. The van der Waals surface area contributed by atoms with Gasteiger partial charge >= 0.3 is 0 Å². The van der Waals surface area contributed by atoms with Gasteiger partial charge < -0.3 is 15.1 Å². The van der Waals surface area contributed by atoms with Crippen LogP contribution in [0.1, 0.15) is 41.1 Å². The van der Waals surface area contributed by atoms with Crippen LogP contribution in [0.5, 0.6) is 0 Å². The molecular formula is C24H29ClN4. The summed E-state index contributed by atoms with van der Waals surface area (Å²) in [4.78, 5) is 9.89. The molecule has 2 saturated heterocycles. The minimum atomic E-state index is 0.323. The quantitative estimate of drug-likeness (QED) is 0.815. The largest absolute Gasteiger partial charge is 0.368 e. The molecule has 1 aromatic carbocycles. The van der Waals surface area contributed by atoms with Crippen molar-refractivity contribution in [2.45, 2.75) is 18.8 Å². The number of nitrogens with one attached hydrogen (secondary N) is 1. The van der Waals surface area contributed by atoms with Gasteiger partial charge in [0.2, 0.25) is 0 Å². The van der Waals surface area contributed by atoms with Crippen molar-refractivity contribution in [3.63, 3.8) is 0 Å². The first kappa shape index (κ1) is 19.1. The summed E-state index contributed by atoms with van der Waals surface area (Å²) in [7, 11) is 2.23. The smallest absolute Gasteiger partial charge is 0.0554 e. The number of rotatable bonds is 2. The van der Waals surface area contributed by atoms with E-state index in [1.54, 1.807) is 0 Å². The number of likely N-dealkylation sites (tertiary alicyclic amines) is 1. The van der Waals surface area contributed by atoms with Gasteiger partial charge in [-0.1, -0.05) is 23.7 Å². The lowest BCUT2D eigenvalue weighted by Gasteiger charge is -2.36. The number of piperazine rings is 1. The number of benzene rings is 1. The van der Waals surface area contributed by atoms with Crippen LogP contribution < -0.4 is 5.32 Å². The molecule has 152 valence electrons.